The largest absolute Gasteiger partial charge is 0.352 e. The number of nitrogens with two attached hydrogens (primary N) is 1. The van der Waals surface area contributed by atoms with Crippen LogP contribution in [0.3, 0.4) is 0 Å². The molecule has 1 aliphatic heterocycles. The third-order valence-corrected chi connectivity index (χ3v) is 5.23. The molecule has 0 aromatic rings. The van der Waals surface area contributed by atoms with E-state index >= 15 is 0 Å². The lowest BCUT2D eigenvalue weighted by Crippen LogP contribution is -2.60. The van der Waals surface area contributed by atoms with Gasteiger partial charge in [0, 0.05) is 38.1 Å². The van der Waals surface area contributed by atoms with Crippen LogP contribution in [0.1, 0.15) is 25.7 Å². The summed E-state index contributed by atoms with van der Waals surface area (Å²) in [5.41, 5.74) is 5.44. The predicted molar refractivity (Wildman–Crippen MR) is 75.0 cm³/mol. The van der Waals surface area contributed by atoms with Crippen molar-refractivity contribution in [2.24, 2.45) is 17.1 Å². The van der Waals surface area contributed by atoms with Gasteiger partial charge in [0.2, 0.25) is 5.91 Å². The number of piperazine rings is 1. The first-order valence-corrected chi connectivity index (χ1v) is 7.51. The number of carbonyl (C=O) groups is 2. The summed E-state index contributed by atoms with van der Waals surface area (Å²) in [4.78, 5) is 27.4. The molecular weight excluding hydrogens is 256 g/mol. The molecule has 1 saturated heterocycles. The third kappa shape index (κ3) is 2.49. The minimum atomic E-state index is -0.436. The summed E-state index contributed by atoms with van der Waals surface area (Å²) in [6, 6.07) is -0.207. The molecule has 6 nitrogen and oxygen atoms in total. The summed E-state index contributed by atoms with van der Waals surface area (Å²) in [5, 5.41) is 2.75. The lowest BCUT2D eigenvalue weighted by Gasteiger charge is -2.57. The van der Waals surface area contributed by atoms with Crippen LogP contribution in [0.25, 0.3) is 0 Å². The zero-order valence-electron chi connectivity index (χ0n) is 12.1. The molecule has 3 aliphatic rings. The fraction of sp³-hybridized carbons (Fsp3) is 0.857. The van der Waals surface area contributed by atoms with Crippen LogP contribution in [0.15, 0.2) is 0 Å². The Morgan fingerprint density at radius 3 is 2.25 bits per heavy atom. The summed E-state index contributed by atoms with van der Waals surface area (Å²) in [6.45, 7) is 3.69. The summed E-state index contributed by atoms with van der Waals surface area (Å²) >= 11 is 0. The zero-order valence-corrected chi connectivity index (χ0v) is 12.1. The topological polar surface area (TPSA) is 78.7 Å². The highest BCUT2D eigenvalue weighted by atomic mass is 16.2. The molecule has 1 heterocycles. The molecule has 3 fully saturated rings. The van der Waals surface area contributed by atoms with E-state index in [0.29, 0.717) is 11.3 Å². The molecule has 6 heteroatoms. The Balaban J connectivity index is 1.42. The maximum atomic E-state index is 12.4. The molecule has 2 aliphatic carbocycles. The van der Waals surface area contributed by atoms with Crippen molar-refractivity contribution in [2.75, 3.05) is 33.2 Å². The number of amides is 3. The SMILES string of the molecule is CN1CCN(C(=O)C2CC3(CC(NC(N)=O)C3)C2)CC1. The van der Waals surface area contributed by atoms with Gasteiger partial charge in [0.15, 0.2) is 0 Å². The first-order valence-electron chi connectivity index (χ1n) is 7.51. The number of primary amides is 1. The summed E-state index contributed by atoms with van der Waals surface area (Å²) < 4.78 is 0. The first-order chi connectivity index (χ1) is 9.47. The molecule has 1 spiro atoms. The van der Waals surface area contributed by atoms with Gasteiger partial charge in [0.25, 0.3) is 0 Å². The normalized spacial score (nSPS) is 37.1. The molecule has 3 N–H and O–H groups in total. The number of urea groups is 1. The van der Waals surface area contributed by atoms with Crippen LogP contribution in [0, 0.1) is 11.3 Å². The highest BCUT2D eigenvalue weighted by Crippen LogP contribution is 2.59. The Morgan fingerprint density at radius 1 is 1.10 bits per heavy atom. The van der Waals surface area contributed by atoms with Crippen LogP contribution in [-0.2, 0) is 4.79 Å². The second kappa shape index (κ2) is 4.91. The lowest BCUT2D eigenvalue weighted by molar-refractivity contribution is -0.150. The minimum Gasteiger partial charge on any atom is -0.352 e. The van der Waals surface area contributed by atoms with E-state index in [1.165, 1.54) is 0 Å². The van der Waals surface area contributed by atoms with E-state index in [1.54, 1.807) is 0 Å². The van der Waals surface area contributed by atoms with Crippen molar-refractivity contribution < 1.29 is 9.59 Å². The Hall–Kier alpha value is -1.30. The molecule has 2 saturated carbocycles. The fourth-order valence-corrected chi connectivity index (χ4v) is 4.07. The van der Waals surface area contributed by atoms with E-state index < -0.39 is 6.03 Å². The number of hydrogen-bond donors (Lipinski definition) is 2. The monoisotopic (exact) mass is 280 g/mol. The Labute approximate surface area is 119 Å². The predicted octanol–water partition coefficient (Wildman–Crippen LogP) is -0.0125. The van der Waals surface area contributed by atoms with Crippen LogP contribution in [-0.4, -0.2) is 61.0 Å². The van der Waals surface area contributed by atoms with Gasteiger partial charge in [-0.25, -0.2) is 4.79 Å². The molecule has 0 bridgehead atoms. The molecular formula is C14H24N4O2. The van der Waals surface area contributed by atoms with Crippen LogP contribution in [0.2, 0.25) is 0 Å². The van der Waals surface area contributed by atoms with Gasteiger partial charge in [0.1, 0.15) is 0 Å². The van der Waals surface area contributed by atoms with E-state index in [2.05, 4.69) is 17.3 Å². The summed E-state index contributed by atoms with van der Waals surface area (Å²) in [5.74, 6) is 0.558. The number of nitrogens with one attached hydrogen (secondary N) is 1. The molecule has 0 atom stereocenters. The third-order valence-electron chi connectivity index (χ3n) is 5.23. The van der Waals surface area contributed by atoms with Gasteiger partial charge < -0.3 is 20.9 Å². The second-order valence-electron chi connectivity index (χ2n) is 6.85. The number of likely N-dealkylation sites (N-methyl/N-ethyl adjacent to an activating group) is 1. The quantitative estimate of drug-likeness (QED) is 0.746. The Bertz CT molecular complexity index is 403. The van der Waals surface area contributed by atoms with Gasteiger partial charge in [-0.2, -0.15) is 0 Å². The maximum Gasteiger partial charge on any atom is 0.312 e. The molecule has 0 unspecified atom stereocenters. The molecule has 0 aromatic carbocycles. The van der Waals surface area contributed by atoms with Gasteiger partial charge >= 0.3 is 6.03 Å². The number of hydrogen-bond acceptors (Lipinski definition) is 3. The van der Waals surface area contributed by atoms with Crippen LogP contribution in [0.5, 0.6) is 0 Å². The molecule has 112 valence electrons. The van der Waals surface area contributed by atoms with Crippen molar-refractivity contribution in [3.63, 3.8) is 0 Å². The fourth-order valence-electron chi connectivity index (χ4n) is 4.07. The van der Waals surface area contributed by atoms with Crippen molar-refractivity contribution in [3.8, 4) is 0 Å². The van der Waals surface area contributed by atoms with E-state index in [0.717, 1.165) is 51.9 Å². The van der Waals surface area contributed by atoms with Gasteiger partial charge in [-0.1, -0.05) is 0 Å². The Morgan fingerprint density at radius 2 is 1.70 bits per heavy atom. The smallest absolute Gasteiger partial charge is 0.312 e. The van der Waals surface area contributed by atoms with E-state index in [4.69, 9.17) is 5.73 Å². The van der Waals surface area contributed by atoms with Crippen LogP contribution >= 0.6 is 0 Å². The van der Waals surface area contributed by atoms with Crippen LogP contribution < -0.4 is 11.1 Å². The average Bonchev–Trinajstić information content (AvgIpc) is 2.30. The van der Waals surface area contributed by atoms with Gasteiger partial charge in [-0.05, 0) is 38.1 Å². The van der Waals surface area contributed by atoms with Crippen molar-refractivity contribution >= 4 is 11.9 Å². The first kappa shape index (κ1) is 13.7. The highest BCUT2D eigenvalue weighted by molar-refractivity contribution is 5.80. The number of nitrogens with zero attached hydrogens (tertiary/aromatic N) is 2. The zero-order chi connectivity index (χ0) is 14.3. The molecule has 0 radical (unpaired) electrons. The summed E-state index contributed by atoms with van der Waals surface area (Å²) in [6.07, 6.45) is 3.97. The average molecular weight is 280 g/mol. The molecule has 20 heavy (non-hydrogen) atoms. The minimum absolute atomic E-state index is 0.216. The van der Waals surface area contributed by atoms with Crippen molar-refractivity contribution in [1.82, 2.24) is 15.1 Å². The van der Waals surface area contributed by atoms with Gasteiger partial charge in [-0.15, -0.1) is 0 Å². The van der Waals surface area contributed by atoms with Crippen molar-refractivity contribution in [2.45, 2.75) is 31.7 Å². The van der Waals surface area contributed by atoms with E-state index in [-0.39, 0.29) is 12.0 Å². The van der Waals surface area contributed by atoms with Crippen molar-refractivity contribution in [3.05, 3.63) is 0 Å². The number of rotatable bonds is 2. The molecule has 3 amide bonds. The standard InChI is InChI=1S/C14H24N4O2/c1-17-2-4-18(5-3-17)12(19)10-6-14(7-10)8-11(9-14)16-13(15)20/h10-11H,2-9H2,1H3,(H3,15,16,20). The lowest BCUT2D eigenvalue weighted by atomic mass is 9.50. The molecule has 0 aromatic heterocycles. The van der Waals surface area contributed by atoms with E-state index in [1.807, 2.05) is 4.90 Å². The second-order valence-corrected chi connectivity index (χ2v) is 6.85. The van der Waals surface area contributed by atoms with Gasteiger partial charge in [-0.3, -0.25) is 4.79 Å². The highest BCUT2D eigenvalue weighted by Gasteiger charge is 2.55. The summed E-state index contributed by atoms with van der Waals surface area (Å²) in [7, 11) is 2.10. The van der Waals surface area contributed by atoms with Crippen LogP contribution in [0.4, 0.5) is 4.79 Å². The maximum absolute atomic E-state index is 12.4. The van der Waals surface area contributed by atoms with E-state index in [9.17, 15) is 9.59 Å². The Kier molecular flexibility index (Phi) is 3.36. The van der Waals surface area contributed by atoms with Gasteiger partial charge in [0.05, 0.1) is 0 Å². The molecule has 3 rings (SSSR count). The number of carbonyl (C=O) groups excluding carboxylic acids is 2. The van der Waals surface area contributed by atoms with Crippen molar-refractivity contribution in [1.29, 1.82) is 0 Å².